The summed E-state index contributed by atoms with van der Waals surface area (Å²) in [7, 11) is 0. The van der Waals surface area contributed by atoms with Gasteiger partial charge in [-0.3, -0.25) is 0 Å². The summed E-state index contributed by atoms with van der Waals surface area (Å²) in [6, 6.07) is 8.95. The van der Waals surface area contributed by atoms with Crippen molar-refractivity contribution in [1.82, 2.24) is 19.9 Å². The fraction of sp³-hybridized carbons (Fsp3) is 0. The zero-order valence-electron chi connectivity index (χ0n) is 10.8. The average Bonchev–Trinajstić information content (AvgIpc) is 2.52. The number of hydrogen-bond acceptors (Lipinski definition) is 6. The Bertz CT molecular complexity index is 724. The zero-order valence-corrected chi connectivity index (χ0v) is 11.5. The van der Waals surface area contributed by atoms with Gasteiger partial charge in [-0.15, -0.1) is 0 Å². The number of nitrogens with zero attached hydrogens (tertiary/aromatic N) is 4. The lowest BCUT2D eigenvalue weighted by atomic mass is 10.3. The fourth-order valence-electron chi connectivity index (χ4n) is 1.59. The molecule has 2 heterocycles. The minimum Gasteiger partial charge on any atom is -0.423 e. The molecule has 0 aliphatic carbocycles. The molecule has 0 radical (unpaired) electrons. The van der Waals surface area contributed by atoms with E-state index in [9.17, 15) is 0 Å². The van der Waals surface area contributed by atoms with Crippen molar-refractivity contribution in [2.45, 2.75) is 0 Å². The lowest BCUT2D eigenvalue weighted by Crippen LogP contribution is -1.96. The monoisotopic (exact) mass is 299 g/mol. The Balaban J connectivity index is 1.77. The first-order valence-corrected chi connectivity index (χ1v) is 6.47. The van der Waals surface area contributed by atoms with Gasteiger partial charge in [-0.25, -0.2) is 19.9 Å². The van der Waals surface area contributed by atoms with Gasteiger partial charge in [0.2, 0.25) is 5.95 Å². The first-order chi connectivity index (χ1) is 10.3. The summed E-state index contributed by atoms with van der Waals surface area (Å²) in [5, 5.41) is 3.48. The molecule has 21 heavy (non-hydrogen) atoms. The maximum Gasteiger partial charge on any atom is 0.321 e. The van der Waals surface area contributed by atoms with E-state index in [1.807, 2.05) is 0 Å². The lowest BCUT2D eigenvalue weighted by molar-refractivity contribution is 0.442. The van der Waals surface area contributed by atoms with E-state index in [2.05, 4.69) is 25.3 Å². The minimum absolute atomic E-state index is 0.242. The van der Waals surface area contributed by atoms with Crippen LogP contribution in [0.15, 0.2) is 55.1 Å². The predicted octanol–water partition coefficient (Wildman–Crippen LogP) is 3.46. The van der Waals surface area contributed by atoms with Gasteiger partial charge in [0.1, 0.15) is 5.75 Å². The van der Waals surface area contributed by atoms with Crippen LogP contribution in [0.5, 0.6) is 11.8 Å². The van der Waals surface area contributed by atoms with Crippen LogP contribution < -0.4 is 10.1 Å². The molecule has 1 aromatic carbocycles. The molecule has 0 amide bonds. The van der Waals surface area contributed by atoms with Gasteiger partial charge < -0.3 is 10.1 Å². The highest BCUT2D eigenvalue weighted by molar-refractivity contribution is 6.32. The van der Waals surface area contributed by atoms with Crippen LogP contribution in [0.1, 0.15) is 0 Å². The van der Waals surface area contributed by atoms with Crippen LogP contribution in [-0.4, -0.2) is 19.9 Å². The molecule has 0 spiro atoms. The summed E-state index contributed by atoms with van der Waals surface area (Å²) in [5.74, 6) is 0.969. The summed E-state index contributed by atoms with van der Waals surface area (Å²) < 4.78 is 5.50. The van der Waals surface area contributed by atoms with E-state index < -0.39 is 0 Å². The Hall–Kier alpha value is -2.73. The molecule has 3 rings (SSSR count). The van der Waals surface area contributed by atoms with E-state index in [-0.39, 0.29) is 6.01 Å². The number of aromatic nitrogens is 4. The second kappa shape index (κ2) is 6.15. The Kier molecular flexibility index (Phi) is 3.88. The molecule has 0 bridgehead atoms. The van der Waals surface area contributed by atoms with E-state index in [1.165, 1.54) is 0 Å². The van der Waals surface area contributed by atoms with Gasteiger partial charge in [-0.2, -0.15) is 0 Å². The van der Waals surface area contributed by atoms with Gasteiger partial charge in [0.05, 0.1) is 5.02 Å². The maximum absolute atomic E-state index is 6.18. The van der Waals surface area contributed by atoms with Crippen LogP contribution in [0.3, 0.4) is 0 Å². The zero-order chi connectivity index (χ0) is 14.5. The van der Waals surface area contributed by atoms with Crippen LogP contribution in [0.4, 0.5) is 11.6 Å². The topological polar surface area (TPSA) is 72.8 Å². The Morgan fingerprint density at radius 1 is 0.905 bits per heavy atom. The third-order valence-electron chi connectivity index (χ3n) is 2.50. The molecule has 0 aliphatic heterocycles. The molecule has 2 aromatic heterocycles. The third kappa shape index (κ3) is 3.43. The maximum atomic E-state index is 6.18. The molecule has 1 N–H and O–H groups in total. The van der Waals surface area contributed by atoms with Crippen LogP contribution in [0.25, 0.3) is 0 Å². The normalized spacial score (nSPS) is 10.1. The van der Waals surface area contributed by atoms with Crippen molar-refractivity contribution in [2.24, 2.45) is 0 Å². The molecule has 0 aliphatic rings. The molecule has 0 atom stereocenters. The van der Waals surface area contributed by atoms with Crippen LogP contribution in [-0.2, 0) is 0 Å². The van der Waals surface area contributed by atoms with Crippen molar-refractivity contribution in [2.75, 3.05) is 5.32 Å². The van der Waals surface area contributed by atoms with E-state index in [4.69, 9.17) is 16.3 Å². The second-order valence-electron chi connectivity index (χ2n) is 3.98. The smallest absolute Gasteiger partial charge is 0.321 e. The van der Waals surface area contributed by atoms with Crippen molar-refractivity contribution in [3.63, 3.8) is 0 Å². The summed E-state index contributed by atoms with van der Waals surface area (Å²) >= 11 is 6.18. The van der Waals surface area contributed by atoms with Gasteiger partial charge in [0, 0.05) is 30.5 Å². The van der Waals surface area contributed by atoms with E-state index in [1.54, 1.807) is 55.1 Å². The van der Waals surface area contributed by atoms with Crippen molar-refractivity contribution in [3.05, 3.63) is 60.1 Å². The molecule has 0 saturated carbocycles. The minimum atomic E-state index is 0.242. The van der Waals surface area contributed by atoms with E-state index >= 15 is 0 Å². The molecule has 7 heteroatoms. The molecule has 0 saturated heterocycles. The number of benzene rings is 1. The summed E-state index contributed by atoms with van der Waals surface area (Å²) in [4.78, 5) is 16.1. The number of hydrogen-bond donors (Lipinski definition) is 1. The fourth-order valence-corrected chi connectivity index (χ4v) is 1.81. The van der Waals surface area contributed by atoms with Gasteiger partial charge in [-0.05, 0) is 30.3 Å². The first kappa shape index (κ1) is 13.3. The number of rotatable bonds is 4. The van der Waals surface area contributed by atoms with Crippen molar-refractivity contribution in [3.8, 4) is 11.8 Å². The largest absolute Gasteiger partial charge is 0.423 e. The highest BCUT2D eigenvalue weighted by atomic mass is 35.5. The van der Waals surface area contributed by atoms with Gasteiger partial charge >= 0.3 is 6.01 Å². The average molecular weight is 300 g/mol. The lowest BCUT2D eigenvalue weighted by Gasteiger charge is -2.08. The molecule has 6 nitrogen and oxygen atoms in total. The Labute approximate surface area is 125 Å². The van der Waals surface area contributed by atoms with E-state index in [0.717, 1.165) is 5.69 Å². The number of ether oxygens (including phenoxy) is 1. The van der Waals surface area contributed by atoms with Crippen molar-refractivity contribution in [1.29, 1.82) is 0 Å². The van der Waals surface area contributed by atoms with Gasteiger partial charge in [-0.1, -0.05) is 11.6 Å². The number of halogens is 1. The van der Waals surface area contributed by atoms with Gasteiger partial charge in [0.15, 0.2) is 0 Å². The molecule has 3 aromatic rings. The molecular formula is C14H10ClN5O. The molecule has 104 valence electrons. The third-order valence-corrected chi connectivity index (χ3v) is 2.79. The summed E-state index contributed by atoms with van der Waals surface area (Å²) in [6.45, 7) is 0. The SMILES string of the molecule is Clc1cc(Nc2ncccn2)ccc1Oc1ncccn1. The van der Waals surface area contributed by atoms with E-state index in [0.29, 0.717) is 16.7 Å². The first-order valence-electron chi connectivity index (χ1n) is 6.10. The molecule has 0 fully saturated rings. The quantitative estimate of drug-likeness (QED) is 0.795. The number of anilines is 2. The number of nitrogens with one attached hydrogen (secondary N) is 1. The Morgan fingerprint density at radius 2 is 1.57 bits per heavy atom. The van der Waals surface area contributed by atoms with Crippen molar-refractivity contribution >= 4 is 23.2 Å². The molecule has 0 unspecified atom stereocenters. The highest BCUT2D eigenvalue weighted by Gasteiger charge is 2.06. The molecular weight excluding hydrogens is 290 g/mol. The summed E-state index contributed by atoms with van der Waals surface area (Å²) in [6.07, 6.45) is 6.50. The summed E-state index contributed by atoms with van der Waals surface area (Å²) in [5.41, 5.74) is 0.757. The van der Waals surface area contributed by atoms with Crippen LogP contribution >= 0.6 is 11.6 Å². The van der Waals surface area contributed by atoms with Gasteiger partial charge in [0.25, 0.3) is 0 Å². The second-order valence-corrected chi connectivity index (χ2v) is 4.38. The highest BCUT2D eigenvalue weighted by Crippen LogP contribution is 2.30. The standard InChI is InChI=1S/C14H10ClN5O/c15-11-9-10(20-13-16-5-1-6-17-13)3-4-12(11)21-14-18-7-2-8-19-14/h1-9H,(H,16,17,20). The van der Waals surface area contributed by atoms with Crippen LogP contribution in [0.2, 0.25) is 5.02 Å². The Morgan fingerprint density at radius 3 is 2.24 bits per heavy atom. The van der Waals surface area contributed by atoms with Crippen molar-refractivity contribution < 1.29 is 4.74 Å². The predicted molar refractivity (Wildman–Crippen MR) is 78.9 cm³/mol. The van der Waals surface area contributed by atoms with Crippen LogP contribution in [0, 0.1) is 0 Å².